The van der Waals surface area contributed by atoms with Crippen LogP contribution in [0.2, 0.25) is 0 Å². The summed E-state index contributed by atoms with van der Waals surface area (Å²) in [6.07, 6.45) is 4.66. The molecule has 34 heavy (non-hydrogen) atoms. The lowest BCUT2D eigenvalue weighted by Crippen LogP contribution is -2.36. The Morgan fingerprint density at radius 1 is 1.24 bits per heavy atom. The van der Waals surface area contributed by atoms with Crippen LogP contribution in [0.25, 0.3) is 5.65 Å². The molecule has 0 spiro atoms. The highest BCUT2D eigenvalue weighted by molar-refractivity contribution is 6.08. The molecule has 178 valence electrons. The molecular formula is C22H24F2N8O2. The molecule has 2 N–H and O–H groups in total. The molecule has 0 unspecified atom stereocenters. The number of hydrogen-bond donors (Lipinski definition) is 2. The van der Waals surface area contributed by atoms with E-state index < -0.39 is 18.0 Å². The van der Waals surface area contributed by atoms with Gasteiger partial charge in [0.05, 0.1) is 17.9 Å². The first-order valence-corrected chi connectivity index (χ1v) is 11.5. The number of amides is 1. The summed E-state index contributed by atoms with van der Waals surface area (Å²) in [6.45, 7) is 2.20. The Balaban J connectivity index is 1.27. The van der Waals surface area contributed by atoms with Gasteiger partial charge in [-0.25, -0.2) is 18.3 Å². The van der Waals surface area contributed by atoms with Crippen molar-refractivity contribution in [1.29, 1.82) is 0 Å². The SMILES string of the molecule is O=C(Nc1cn(C2CCNCC2)nc1C(F)F)c1cnn2ccc(N3C[C@H]4C[C@@H]3CC4=O)nc12. The number of nitrogens with zero attached hydrogens (tertiary/aromatic N) is 6. The molecule has 1 aliphatic carbocycles. The lowest BCUT2D eigenvalue weighted by atomic mass is 10.1. The van der Waals surface area contributed by atoms with Crippen LogP contribution in [0, 0.1) is 5.92 Å². The third kappa shape index (κ3) is 3.52. The van der Waals surface area contributed by atoms with Gasteiger partial charge in [0.1, 0.15) is 17.2 Å². The second-order valence-electron chi connectivity index (χ2n) is 9.17. The number of aromatic nitrogens is 5. The summed E-state index contributed by atoms with van der Waals surface area (Å²) in [5.74, 6) is 0.435. The summed E-state index contributed by atoms with van der Waals surface area (Å²) in [5, 5.41) is 14.1. The third-order valence-corrected chi connectivity index (χ3v) is 7.10. The average molecular weight is 470 g/mol. The summed E-state index contributed by atoms with van der Waals surface area (Å²) in [4.78, 5) is 31.7. The summed E-state index contributed by atoms with van der Waals surface area (Å²) in [6, 6.07) is 1.94. The molecule has 10 nitrogen and oxygen atoms in total. The number of nitrogens with one attached hydrogen (secondary N) is 2. The van der Waals surface area contributed by atoms with E-state index in [-0.39, 0.29) is 29.3 Å². The van der Waals surface area contributed by atoms with Crippen LogP contribution in [-0.4, -0.2) is 61.7 Å². The fraction of sp³-hybridized carbons (Fsp3) is 0.500. The number of piperidine rings is 2. The predicted molar refractivity (Wildman–Crippen MR) is 118 cm³/mol. The van der Waals surface area contributed by atoms with E-state index in [1.807, 2.05) is 6.07 Å². The smallest absolute Gasteiger partial charge is 0.284 e. The Morgan fingerprint density at radius 2 is 2.06 bits per heavy atom. The van der Waals surface area contributed by atoms with Gasteiger partial charge < -0.3 is 15.5 Å². The van der Waals surface area contributed by atoms with Gasteiger partial charge in [-0.1, -0.05) is 0 Å². The van der Waals surface area contributed by atoms with Crippen LogP contribution in [0.1, 0.15) is 54.2 Å². The topological polar surface area (TPSA) is 109 Å². The van der Waals surface area contributed by atoms with Crippen LogP contribution < -0.4 is 15.5 Å². The number of rotatable bonds is 5. The Hall–Kier alpha value is -3.41. The van der Waals surface area contributed by atoms with Crippen molar-refractivity contribution < 1.29 is 18.4 Å². The van der Waals surface area contributed by atoms with Crippen molar-refractivity contribution in [2.24, 2.45) is 5.92 Å². The van der Waals surface area contributed by atoms with Crippen molar-refractivity contribution in [2.45, 2.75) is 44.2 Å². The molecule has 5 heterocycles. The van der Waals surface area contributed by atoms with E-state index >= 15 is 0 Å². The van der Waals surface area contributed by atoms with Gasteiger partial charge in [0.15, 0.2) is 11.3 Å². The maximum Gasteiger partial charge on any atom is 0.284 e. The number of Topliss-reactive ketones (excluding diaryl/α,β-unsaturated/α-hetero) is 1. The van der Waals surface area contributed by atoms with E-state index in [0.29, 0.717) is 30.2 Å². The number of alkyl halides is 2. The van der Waals surface area contributed by atoms with Crippen molar-refractivity contribution in [1.82, 2.24) is 29.7 Å². The standard InChI is InChI=1S/C22H24F2N8O2/c23-20(24)19-16(11-32(29-19)13-1-4-25-5-2-13)27-22(34)15-9-26-31-6-3-18(28-21(15)31)30-10-12-7-14(30)8-17(12)33/h3,6,9,11-14,20,25H,1-2,4-5,7-8,10H2,(H,27,34)/t12-,14-/m1/s1. The summed E-state index contributed by atoms with van der Waals surface area (Å²) >= 11 is 0. The molecule has 12 heteroatoms. The summed E-state index contributed by atoms with van der Waals surface area (Å²) < 4.78 is 30.4. The van der Waals surface area contributed by atoms with Crippen LogP contribution in [-0.2, 0) is 4.79 Å². The van der Waals surface area contributed by atoms with Crippen molar-refractivity contribution in [3.63, 3.8) is 0 Å². The van der Waals surface area contributed by atoms with E-state index in [0.717, 1.165) is 32.4 Å². The van der Waals surface area contributed by atoms with E-state index in [1.54, 1.807) is 6.20 Å². The Kier molecular flexibility index (Phi) is 5.05. The lowest BCUT2D eigenvalue weighted by molar-refractivity contribution is -0.120. The number of carbonyl (C=O) groups is 2. The van der Waals surface area contributed by atoms with Crippen LogP contribution in [0.3, 0.4) is 0 Å². The zero-order valence-corrected chi connectivity index (χ0v) is 18.3. The second kappa shape index (κ2) is 8.12. The Morgan fingerprint density at radius 3 is 2.76 bits per heavy atom. The molecular weight excluding hydrogens is 446 g/mol. The van der Waals surface area contributed by atoms with Gasteiger partial charge in [-0.3, -0.25) is 14.3 Å². The molecule has 3 aliphatic rings. The molecule has 6 rings (SSSR count). The first-order chi connectivity index (χ1) is 16.5. The van der Waals surface area contributed by atoms with Gasteiger partial charge in [0, 0.05) is 37.3 Å². The summed E-state index contributed by atoms with van der Waals surface area (Å²) in [7, 11) is 0. The van der Waals surface area contributed by atoms with Crippen molar-refractivity contribution in [3.8, 4) is 0 Å². The summed E-state index contributed by atoms with van der Waals surface area (Å²) in [5.41, 5.74) is 0.0460. The minimum atomic E-state index is -2.82. The first kappa shape index (κ1) is 21.1. The predicted octanol–water partition coefficient (Wildman–Crippen LogP) is 2.21. The largest absolute Gasteiger partial charge is 0.352 e. The van der Waals surface area contributed by atoms with Gasteiger partial charge in [0.25, 0.3) is 12.3 Å². The fourth-order valence-corrected chi connectivity index (χ4v) is 5.31. The molecule has 2 bridgehead atoms. The molecule has 2 atom stereocenters. The highest BCUT2D eigenvalue weighted by Crippen LogP contribution is 2.37. The molecule has 0 aromatic carbocycles. The van der Waals surface area contributed by atoms with Crippen molar-refractivity contribution in [2.75, 3.05) is 29.9 Å². The molecule has 2 aliphatic heterocycles. The van der Waals surface area contributed by atoms with E-state index in [1.165, 1.54) is 21.6 Å². The van der Waals surface area contributed by atoms with Crippen LogP contribution in [0.15, 0.2) is 24.7 Å². The normalized spacial score (nSPS) is 22.9. The number of fused-ring (bicyclic) bond motifs is 3. The van der Waals surface area contributed by atoms with Gasteiger partial charge >= 0.3 is 0 Å². The molecule has 1 amide bonds. The lowest BCUT2D eigenvalue weighted by Gasteiger charge is -2.27. The molecule has 2 saturated heterocycles. The van der Waals surface area contributed by atoms with Gasteiger partial charge in [-0.15, -0.1) is 0 Å². The van der Waals surface area contributed by atoms with Crippen molar-refractivity contribution >= 4 is 28.8 Å². The number of carbonyl (C=O) groups excluding carboxylic acids is 2. The quantitative estimate of drug-likeness (QED) is 0.588. The average Bonchev–Trinajstić information content (AvgIpc) is 3.61. The minimum absolute atomic E-state index is 0.00767. The number of halogens is 2. The monoisotopic (exact) mass is 470 g/mol. The van der Waals surface area contributed by atoms with Gasteiger partial charge in [-0.05, 0) is 38.4 Å². The zero-order valence-electron chi connectivity index (χ0n) is 18.3. The van der Waals surface area contributed by atoms with Gasteiger partial charge in [0.2, 0.25) is 0 Å². The fourth-order valence-electron chi connectivity index (χ4n) is 5.31. The second-order valence-corrected chi connectivity index (χ2v) is 9.17. The van der Waals surface area contributed by atoms with Crippen molar-refractivity contribution in [3.05, 3.63) is 35.9 Å². The van der Waals surface area contributed by atoms with E-state index in [4.69, 9.17) is 0 Å². The minimum Gasteiger partial charge on any atom is -0.352 e. The Bertz CT molecular complexity index is 1270. The number of anilines is 2. The Labute approximate surface area is 193 Å². The van der Waals surface area contributed by atoms with Crippen LogP contribution >= 0.6 is 0 Å². The zero-order chi connectivity index (χ0) is 23.4. The van der Waals surface area contributed by atoms with E-state index in [2.05, 4.69) is 30.7 Å². The number of ketones is 1. The highest BCUT2D eigenvalue weighted by Gasteiger charge is 2.44. The van der Waals surface area contributed by atoms with Crippen LogP contribution in [0.5, 0.6) is 0 Å². The molecule has 3 aromatic rings. The molecule has 3 fully saturated rings. The maximum absolute atomic E-state index is 13.7. The highest BCUT2D eigenvalue weighted by atomic mass is 19.3. The maximum atomic E-state index is 13.7. The third-order valence-electron chi connectivity index (χ3n) is 7.10. The molecule has 0 radical (unpaired) electrons. The van der Waals surface area contributed by atoms with E-state index in [9.17, 15) is 18.4 Å². The molecule has 1 saturated carbocycles. The first-order valence-electron chi connectivity index (χ1n) is 11.5. The van der Waals surface area contributed by atoms with Gasteiger partial charge in [-0.2, -0.15) is 10.2 Å². The van der Waals surface area contributed by atoms with Crippen LogP contribution in [0.4, 0.5) is 20.3 Å². The molecule has 3 aromatic heterocycles. The number of hydrogen-bond acceptors (Lipinski definition) is 7.